The summed E-state index contributed by atoms with van der Waals surface area (Å²) in [6.45, 7) is 2.71. The Morgan fingerprint density at radius 3 is 2.50 bits per heavy atom. The maximum atomic E-state index is 5.66. The number of aromatic nitrogens is 3. The van der Waals surface area contributed by atoms with Gasteiger partial charge in [-0.15, -0.1) is 11.3 Å². The fourth-order valence-corrected chi connectivity index (χ4v) is 2.36. The summed E-state index contributed by atoms with van der Waals surface area (Å²) < 4.78 is 0. The predicted molar refractivity (Wildman–Crippen MR) is 66.2 cm³/mol. The largest absolute Gasteiger partial charge is 0.349 e. The van der Waals surface area contributed by atoms with Crippen LogP contribution in [0.2, 0.25) is 10.6 Å². The minimum Gasteiger partial charge on any atom is -0.349 e. The number of halogens is 2. The maximum absolute atomic E-state index is 5.66. The molecule has 2 rings (SSSR count). The van der Waals surface area contributed by atoms with Crippen molar-refractivity contribution in [2.24, 2.45) is 0 Å². The average molecular weight is 275 g/mol. The van der Waals surface area contributed by atoms with Crippen molar-refractivity contribution in [3.8, 4) is 0 Å². The van der Waals surface area contributed by atoms with E-state index in [2.05, 4.69) is 33.3 Å². The third kappa shape index (κ3) is 2.81. The molecule has 0 spiro atoms. The summed E-state index contributed by atoms with van der Waals surface area (Å²) in [7, 11) is 0. The SMILES string of the molecule is Cc1ccsc1CNc1nc(Cl)nc(Cl)n1. The van der Waals surface area contributed by atoms with Gasteiger partial charge in [0.25, 0.3) is 0 Å². The van der Waals surface area contributed by atoms with Crippen molar-refractivity contribution in [1.82, 2.24) is 15.0 Å². The number of hydrogen-bond donors (Lipinski definition) is 1. The molecular weight excluding hydrogens is 267 g/mol. The number of aryl methyl sites for hydroxylation is 1. The summed E-state index contributed by atoms with van der Waals surface area (Å²) in [6.07, 6.45) is 0. The lowest BCUT2D eigenvalue weighted by Crippen LogP contribution is -2.04. The summed E-state index contributed by atoms with van der Waals surface area (Å²) in [4.78, 5) is 12.7. The van der Waals surface area contributed by atoms with E-state index >= 15 is 0 Å². The molecule has 2 aromatic rings. The molecule has 0 radical (unpaired) electrons. The highest BCUT2D eigenvalue weighted by Crippen LogP contribution is 2.17. The standard InChI is InChI=1S/C9H8Cl2N4S/c1-5-2-3-16-6(5)4-12-9-14-7(10)13-8(11)15-9/h2-3H,4H2,1H3,(H,12,13,14,15). The molecule has 0 unspecified atom stereocenters. The Bertz CT molecular complexity index is 480. The molecule has 0 aliphatic heterocycles. The lowest BCUT2D eigenvalue weighted by Gasteiger charge is -2.04. The third-order valence-electron chi connectivity index (χ3n) is 1.96. The van der Waals surface area contributed by atoms with Crippen molar-refractivity contribution in [2.45, 2.75) is 13.5 Å². The zero-order chi connectivity index (χ0) is 11.5. The van der Waals surface area contributed by atoms with Crippen molar-refractivity contribution in [2.75, 3.05) is 5.32 Å². The van der Waals surface area contributed by atoms with E-state index in [4.69, 9.17) is 23.2 Å². The highest BCUT2D eigenvalue weighted by molar-refractivity contribution is 7.10. The Morgan fingerprint density at radius 1 is 1.25 bits per heavy atom. The molecule has 4 nitrogen and oxygen atoms in total. The van der Waals surface area contributed by atoms with Gasteiger partial charge >= 0.3 is 0 Å². The molecule has 1 N–H and O–H groups in total. The van der Waals surface area contributed by atoms with Gasteiger partial charge in [0, 0.05) is 4.88 Å². The van der Waals surface area contributed by atoms with Gasteiger partial charge in [0.2, 0.25) is 16.5 Å². The van der Waals surface area contributed by atoms with Crippen LogP contribution in [0.1, 0.15) is 10.4 Å². The van der Waals surface area contributed by atoms with Gasteiger partial charge in [0.05, 0.1) is 6.54 Å². The number of anilines is 1. The number of rotatable bonds is 3. The fourth-order valence-electron chi connectivity index (χ4n) is 1.15. The van der Waals surface area contributed by atoms with Crippen molar-refractivity contribution in [3.63, 3.8) is 0 Å². The zero-order valence-electron chi connectivity index (χ0n) is 8.37. The smallest absolute Gasteiger partial charge is 0.228 e. The van der Waals surface area contributed by atoms with E-state index in [9.17, 15) is 0 Å². The fraction of sp³-hybridized carbons (Fsp3) is 0.222. The van der Waals surface area contributed by atoms with Crippen LogP contribution in [0.4, 0.5) is 5.95 Å². The zero-order valence-corrected chi connectivity index (χ0v) is 10.7. The molecular formula is C9H8Cl2N4S. The van der Waals surface area contributed by atoms with Crippen LogP contribution >= 0.6 is 34.5 Å². The van der Waals surface area contributed by atoms with Crippen LogP contribution in [-0.4, -0.2) is 15.0 Å². The van der Waals surface area contributed by atoms with E-state index in [0.29, 0.717) is 12.5 Å². The van der Waals surface area contributed by atoms with E-state index in [1.165, 1.54) is 10.4 Å². The number of hydrogen-bond acceptors (Lipinski definition) is 5. The van der Waals surface area contributed by atoms with Gasteiger partial charge in [0.15, 0.2) is 0 Å². The van der Waals surface area contributed by atoms with Crippen LogP contribution in [0.15, 0.2) is 11.4 Å². The molecule has 2 aromatic heterocycles. The summed E-state index contributed by atoms with van der Waals surface area (Å²) in [5.41, 5.74) is 1.24. The second-order valence-electron chi connectivity index (χ2n) is 3.08. The van der Waals surface area contributed by atoms with Crippen LogP contribution in [0, 0.1) is 6.92 Å². The molecule has 0 aromatic carbocycles. The molecule has 0 atom stereocenters. The Balaban J connectivity index is 2.07. The minimum atomic E-state index is 0.0883. The Labute approximate surface area is 107 Å². The quantitative estimate of drug-likeness (QED) is 0.934. The lowest BCUT2D eigenvalue weighted by atomic mass is 10.3. The first kappa shape index (κ1) is 11.6. The normalized spacial score (nSPS) is 10.4. The van der Waals surface area contributed by atoms with Crippen LogP contribution < -0.4 is 5.32 Å². The lowest BCUT2D eigenvalue weighted by molar-refractivity contribution is 1.01. The molecule has 0 aliphatic rings. The Kier molecular flexibility index (Phi) is 3.58. The summed E-state index contributed by atoms with van der Waals surface area (Å²) in [6, 6.07) is 2.06. The highest BCUT2D eigenvalue weighted by Gasteiger charge is 2.04. The molecule has 16 heavy (non-hydrogen) atoms. The van der Waals surface area contributed by atoms with Gasteiger partial charge in [-0.25, -0.2) is 0 Å². The first-order chi connectivity index (χ1) is 7.65. The maximum Gasteiger partial charge on any atom is 0.228 e. The second-order valence-corrected chi connectivity index (χ2v) is 4.75. The van der Waals surface area contributed by atoms with E-state index < -0.39 is 0 Å². The monoisotopic (exact) mass is 274 g/mol. The van der Waals surface area contributed by atoms with Crippen LogP contribution in [0.25, 0.3) is 0 Å². The Morgan fingerprint density at radius 2 is 1.94 bits per heavy atom. The van der Waals surface area contributed by atoms with E-state index in [-0.39, 0.29) is 10.6 Å². The van der Waals surface area contributed by atoms with Gasteiger partial charge in [-0.3, -0.25) is 0 Å². The van der Waals surface area contributed by atoms with E-state index in [1.54, 1.807) is 11.3 Å². The second kappa shape index (κ2) is 4.95. The predicted octanol–water partition coefficient (Wildman–Crippen LogP) is 3.16. The van der Waals surface area contributed by atoms with Gasteiger partial charge in [0.1, 0.15) is 0 Å². The highest BCUT2D eigenvalue weighted by atomic mass is 35.5. The third-order valence-corrected chi connectivity index (χ3v) is 3.32. The molecule has 0 bridgehead atoms. The van der Waals surface area contributed by atoms with Gasteiger partial charge in [-0.05, 0) is 47.1 Å². The molecule has 0 aliphatic carbocycles. The van der Waals surface area contributed by atoms with Crippen molar-refractivity contribution in [1.29, 1.82) is 0 Å². The number of nitrogens with one attached hydrogen (secondary N) is 1. The van der Waals surface area contributed by atoms with Gasteiger partial charge in [-0.1, -0.05) is 0 Å². The summed E-state index contributed by atoms with van der Waals surface area (Å²) >= 11 is 13.0. The number of nitrogens with zero attached hydrogens (tertiary/aromatic N) is 3. The Hall–Kier alpha value is -0.910. The first-order valence-electron chi connectivity index (χ1n) is 4.49. The molecule has 2 heterocycles. The molecule has 84 valence electrons. The van der Waals surface area contributed by atoms with E-state index in [1.807, 2.05) is 5.38 Å². The van der Waals surface area contributed by atoms with Crippen LogP contribution in [0.5, 0.6) is 0 Å². The molecule has 0 saturated carbocycles. The van der Waals surface area contributed by atoms with Crippen molar-refractivity contribution >= 4 is 40.5 Å². The molecule has 7 heteroatoms. The summed E-state index contributed by atoms with van der Waals surface area (Å²) in [5.74, 6) is 0.387. The molecule has 0 fully saturated rings. The van der Waals surface area contributed by atoms with Crippen molar-refractivity contribution < 1.29 is 0 Å². The van der Waals surface area contributed by atoms with Crippen LogP contribution in [0.3, 0.4) is 0 Å². The van der Waals surface area contributed by atoms with Crippen LogP contribution in [-0.2, 0) is 6.54 Å². The topological polar surface area (TPSA) is 50.7 Å². The van der Waals surface area contributed by atoms with Crippen molar-refractivity contribution in [3.05, 3.63) is 32.5 Å². The average Bonchev–Trinajstić information content (AvgIpc) is 2.59. The van der Waals surface area contributed by atoms with E-state index in [0.717, 1.165) is 0 Å². The van der Waals surface area contributed by atoms with Gasteiger partial charge in [-0.2, -0.15) is 15.0 Å². The molecule has 0 amide bonds. The molecule has 0 saturated heterocycles. The minimum absolute atomic E-state index is 0.0883. The summed E-state index contributed by atoms with van der Waals surface area (Å²) in [5, 5.41) is 5.27. The number of thiophene rings is 1. The van der Waals surface area contributed by atoms with Gasteiger partial charge < -0.3 is 5.32 Å². The first-order valence-corrected chi connectivity index (χ1v) is 6.12.